The summed E-state index contributed by atoms with van der Waals surface area (Å²) < 4.78 is -0.776. The molecule has 0 aliphatic carbocycles. The van der Waals surface area contributed by atoms with Crippen LogP contribution < -0.4 is 0 Å². The summed E-state index contributed by atoms with van der Waals surface area (Å²) in [6.45, 7) is 2.61. The second kappa shape index (κ2) is 3.69. The fourth-order valence-electron chi connectivity index (χ4n) is 2.08. The van der Waals surface area contributed by atoms with Gasteiger partial charge in [-0.15, -0.1) is 0 Å². The van der Waals surface area contributed by atoms with E-state index < -0.39 is 0 Å². The van der Waals surface area contributed by atoms with Crippen molar-refractivity contribution >= 4 is 83.5 Å². The second-order valence-corrected chi connectivity index (χ2v) is 73.1. The molecule has 4 fully saturated rings. The third-order valence-electron chi connectivity index (χ3n) is 2.34. The molecule has 13 heavy (non-hydrogen) atoms. The van der Waals surface area contributed by atoms with E-state index in [-0.39, 0.29) is 5.78 Å². The predicted octanol–water partition coefficient (Wildman–Crippen LogP) is 1.32. The van der Waals surface area contributed by atoms with Crippen molar-refractivity contribution in [1.82, 2.24) is 0 Å². The van der Waals surface area contributed by atoms with Crippen molar-refractivity contribution in [2.75, 3.05) is 18.5 Å². The maximum absolute atomic E-state index is 3.74. The fraction of sp³-hybridized carbons (Fsp3) is 1.00. The molecule has 2 atom stereocenters. The summed E-state index contributed by atoms with van der Waals surface area (Å²) >= 11 is 10.9. The van der Waals surface area contributed by atoms with Crippen LogP contribution >= 0.6 is 11.1 Å². The van der Waals surface area contributed by atoms with E-state index in [1.807, 2.05) is 0 Å². The zero-order valence-electron chi connectivity index (χ0n) is 7.00. The Morgan fingerprint density at radius 2 is 1.77 bits per heavy atom. The van der Waals surface area contributed by atoms with Crippen LogP contribution in [0.1, 0.15) is 6.92 Å². The molecule has 4 heterocycles. The van der Waals surface area contributed by atoms with Crippen LogP contribution in [0, 0.1) is 5.41 Å². The van der Waals surface area contributed by atoms with Gasteiger partial charge in [-0.05, 0) is 0 Å². The standard InChI is InChI=1S/C5H9P3Se5/c1-5-2-6-11-7(9,3-5)13-8(10,4-5)12-6/h2-4H2,1H3. The van der Waals surface area contributed by atoms with E-state index in [4.69, 9.17) is 0 Å². The van der Waals surface area contributed by atoms with E-state index in [2.05, 4.69) is 37.1 Å². The third-order valence-corrected chi connectivity index (χ3v) is 109. The third kappa shape index (κ3) is 2.25. The van der Waals surface area contributed by atoms with Gasteiger partial charge in [0.15, 0.2) is 0 Å². The van der Waals surface area contributed by atoms with Crippen molar-refractivity contribution in [2.24, 2.45) is 5.41 Å². The Balaban J connectivity index is 2.13. The molecule has 74 valence electrons. The van der Waals surface area contributed by atoms with Crippen LogP contribution in [0.15, 0.2) is 0 Å². The molecule has 0 aromatic carbocycles. The average Bonchev–Trinajstić information content (AvgIpc) is 1.71. The van der Waals surface area contributed by atoms with E-state index in [0.717, 1.165) is 47.6 Å². The zero-order chi connectivity index (χ0) is 9.32. The number of hydrogen-bond donors (Lipinski definition) is 0. The fourth-order valence-corrected chi connectivity index (χ4v) is 262. The van der Waals surface area contributed by atoms with Gasteiger partial charge in [-0.25, -0.2) is 0 Å². The Bertz CT molecular complexity index is 337. The first kappa shape index (κ1) is 11.9. The van der Waals surface area contributed by atoms with E-state index in [9.17, 15) is 0 Å². The first-order valence-electron chi connectivity index (χ1n) is 3.97. The quantitative estimate of drug-likeness (QED) is 0.312. The molecule has 4 aliphatic heterocycles. The van der Waals surface area contributed by atoms with Gasteiger partial charge >= 0.3 is 114 Å². The van der Waals surface area contributed by atoms with Gasteiger partial charge in [-0.1, -0.05) is 0 Å². The second-order valence-electron chi connectivity index (χ2n) is 4.08. The van der Waals surface area contributed by atoms with Crippen LogP contribution in [0.3, 0.4) is 0 Å². The van der Waals surface area contributed by atoms with Gasteiger partial charge in [0, 0.05) is 0 Å². The SMILES string of the molecule is CC12CP3[Se]P(=[Se])(C1)[Se]P(=[Se])(C2)[Se]3. The van der Waals surface area contributed by atoms with Crippen molar-refractivity contribution in [3.8, 4) is 0 Å². The van der Waals surface area contributed by atoms with E-state index in [1.54, 1.807) is 18.5 Å². The Labute approximate surface area is 113 Å². The Morgan fingerprint density at radius 1 is 1.23 bits per heavy atom. The molecule has 0 nitrogen and oxygen atoms in total. The molecule has 0 aromatic heterocycles. The van der Waals surface area contributed by atoms with Crippen LogP contribution in [0.25, 0.3) is 0 Å². The van der Waals surface area contributed by atoms with Crippen molar-refractivity contribution in [3.63, 3.8) is 0 Å². The van der Waals surface area contributed by atoms with Gasteiger partial charge in [0.05, 0.1) is 0 Å². The molecular weight excluding hydrogens is 548 g/mol. The van der Waals surface area contributed by atoms with Crippen LogP contribution in [-0.2, 0) is 0 Å². The minimum atomic E-state index is -0.388. The Morgan fingerprint density at radius 3 is 2.15 bits per heavy atom. The summed E-state index contributed by atoms with van der Waals surface area (Å²) in [5, 5.41) is 0.619. The molecule has 4 bridgehead atoms. The normalized spacial score (nSPS) is 64.2. The average molecular weight is 557 g/mol. The molecule has 0 aromatic rings. The topological polar surface area (TPSA) is 0 Å². The molecule has 4 saturated heterocycles. The summed E-state index contributed by atoms with van der Waals surface area (Å²) in [4.78, 5) is 0. The molecule has 0 saturated carbocycles. The summed E-state index contributed by atoms with van der Waals surface area (Å²) in [6.07, 6.45) is 5.02. The molecule has 0 spiro atoms. The van der Waals surface area contributed by atoms with Gasteiger partial charge in [0.1, 0.15) is 0 Å². The monoisotopic (exact) mass is 562 g/mol. The van der Waals surface area contributed by atoms with Gasteiger partial charge in [0.25, 0.3) is 0 Å². The van der Waals surface area contributed by atoms with E-state index >= 15 is 0 Å². The molecule has 0 radical (unpaired) electrons. The first-order chi connectivity index (χ1) is 5.91. The van der Waals surface area contributed by atoms with Gasteiger partial charge in [0.2, 0.25) is 0 Å². The van der Waals surface area contributed by atoms with Crippen LogP contribution in [0.5, 0.6) is 0 Å². The predicted molar refractivity (Wildman–Crippen MR) is 72.2 cm³/mol. The summed E-state index contributed by atoms with van der Waals surface area (Å²) in [7, 11) is 0. The molecule has 2 unspecified atom stereocenters. The van der Waals surface area contributed by atoms with Gasteiger partial charge in [-0.2, -0.15) is 0 Å². The molecule has 4 rings (SSSR count). The van der Waals surface area contributed by atoms with Gasteiger partial charge < -0.3 is 0 Å². The van der Waals surface area contributed by atoms with Crippen LogP contribution in [0.2, 0.25) is 0 Å². The van der Waals surface area contributed by atoms with Crippen LogP contribution in [-0.4, -0.2) is 90.9 Å². The van der Waals surface area contributed by atoms with Crippen molar-refractivity contribution in [1.29, 1.82) is 0 Å². The Hall–Kier alpha value is 3.89. The summed E-state index contributed by atoms with van der Waals surface area (Å²) in [5.74, 6) is 0. The minimum absolute atomic E-state index is 0.388. The van der Waals surface area contributed by atoms with E-state index in [1.165, 1.54) is 0 Å². The first-order valence-corrected chi connectivity index (χ1v) is 27.2. The molecule has 4 aliphatic rings. The molecule has 8 heteroatoms. The van der Waals surface area contributed by atoms with Crippen molar-refractivity contribution in [3.05, 3.63) is 0 Å². The number of hydrogen-bond acceptors (Lipinski definition) is 0. The zero-order valence-corrected chi connectivity index (χ0v) is 18.3. The Kier molecular flexibility index (Phi) is 3.39. The van der Waals surface area contributed by atoms with Gasteiger partial charge in [-0.3, -0.25) is 0 Å². The van der Waals surface area contributed by atoms with Crippen LogP contribution in [0.4, 0.5) is 0 Å². The molecular formula is C5H9P3Se5. The maximum atomic E-state index is 3.74. The van der Waals surface area contributed by atoms with Crippen molar-refractivity contribution < 1.29 is 0 Å². The summed E-state index contributed by atoms with van der Waals surface area (Å²) in [6, 6.07) is 0. The number of rotatable bonds is 0. The van der Waals surface area contributed by atoms with Crippen molar-refractivity contribution in [2.45, 2.75) is 6.92 Å². The van der Waals surface area contributed by atoms with E-state index in [0.29, 0.717) is 5.30 Å². The molecule has 0 amide bonds. The summed E-state index contributed by atoms with van der Waals surface area (Å²) in [5.41, 5.74) is 0.837. The molecule has 0 N–H and O–H groups in total.